The Balaban J connectivity index is 2.11. The molecule has 0 aliphatic rings. The van der Waals surface area contributed by atoms with Gasteiger partial charge in [0.15, 0.2) is 0 Å². The van der Waals surface area contributed by atoms with Crippen molar-refractivity contribution in [3.8, 4) is 0 Å². The highest BCUT2D eigenvalue weighted by Crippen LogP contribution is 2.10. The lowest BCUT2D eigenvalue weighted by molar-refractivity contribution is -0.130. The molecular formula is C20H22IN3O3. The van der Waals surface area contributed by atoms with Crippen molar-refractivity contribution < 1.29 is 14.4 Å². The molecule has 0 aromatic heterocycles. The molecule has 0 saturated heterocycles. The zero-order chi connectivity index (χ0) is 19.8. The van der Waals surface area contributed by atoms with Gasteiger partial charge < -0.3 is 16.4 Å². The Hall–Kier alpha value is -2.42. The van der Waals surface area contributed by atoms with Crippen molar-refractivity contribution in [3.63, 3.8) is 0 Å². The predicted octanol–water partition coefficient (Wildman–Crippen LogP) is 1.55. The van der Waals surface area contributed by atoms with Gasteiger partial charge in [0, 0.05) is 23.3 Å². The summed E-state index contributed by atoms with van der Waals surface area (Å²) in [7, 11) is 0. The minimum absolute atomic E-state index is 0.288. The zero-order valence-electron chi connectivity index (χ0n) is 14.9. The molecule has 2 rings (SSSR count). The summed E-state index contributed by atoms with van der Waals surface area (Å²) in [5.74, 6) is -1.38. The van der Waals surface area contributed by atoms with Crippen molar-refractivity contribution >= 4 is 40.3 Å². The first kappa shape index (κ1) is 20.9. The van der Waals surface area contributed by atoms with Gasteiger partial charge in [-0.25, -0.2) is 0 Å². The minimum atomic E-state index is -0.859. The summed E-state index contributed by atoms with van der Waals surface area (Å²) in [6, 6.07) is 15.3. The molecule has 0 radical (unpaired) electrons. The molecule has 3 amide bonds. The van der Waals surface area contributed by atoms with Crippen LogP contribution in [0.2, 0.25) is 0 Å². The average Bonchev–Trinajstić information content (AvgIpc) is 2.61. The highest BCUT2D eigenvalue weighted by atomic mass is 127. The van der Waals surface area contributed by atoms with E-state index >= 15 is 0 Å². The number of hydrogen-bond acceptors (Lipinski definition) is 3. The van der Waals surface area contributed by atoms with Gasteiger partial charge in [-0.15, -0.1) is 0 Å². The smallest absolute Gasteiger partial charge is 0.243 e. The molecule has 2 aromatic carbocycles. The Morgan fingerprint density at radius 3 is 2.15 bits per heavy atom. The number of rotatable bonds is 8. The Morgan fingerprint density at radius 1 is 0.926 bits per heavy atom. The quantitative estimate of drug-likeness (QED) is 0.501. The maximum atomic E-state index is 12.7. The molecule has 4 N–H and O–H groups in total. The third-order valence-electron chi connectivity index (χ3n) is 3.97. The van der Waals surface area contributed by atoms with E-state index in [0.717, 1.165) is 14.7 Å². The van der Waals surface area contributed by atoms with Crippen LogP contribution in [0.1, 0.15) is 18.1 Å². The molecule has 27 heavy (non-hydrogen) atoms. The van der Waals surface area contributed by atoms with E-state index in [1.807, 2.05) is 54.6 Å². The van der Waals surface area contributed by atoms with Gasteiger partial charge in [-0.05, 0) is 45.9 Å². The highest BCUT2D eigenvalue weighted by Gasteiger charge is 2.25. The number of amides is 3. The third kappa shape index (κ3) is 7.01. The maximum Gasteiger partial charge on any atom is 0.243 e. The van der Waals surface area contributed by atoms with Crippen LogP contribution in [0.5, 0.6) is 0 Å². The fourth-order valence-electron chi connectivity index (χ4n) is 2.70. The van der Waals surface area contributed by atoms with E-state index in [9.17, 15) is 14.4 Å². The third-order valence-corrected chi connectivity index (χ3v) is 4.64. The van der Waals surface area contributed by atoms with Crippen LogP contribution >= 0.6 is 22.6 Å². The summed E-state index contributed by atoms with van der Waals surface area (Å²) in [6.07, 6.45) is 0.608. The molecule has 142 valence electrons. The normalized spacial score (nSPS) is 12.7. The van der Waals surface area contributed by atoms with Gasteiger partial charge in [-0.1, -0.05) is 42.5 Å². The largest absolute Gasteiger partial charge is 0.368 e. The van der Waals surface area contributed by atoms with Crippen molar-refractivity contribution in [3.05, 3.63) is 69.3 Å². The summed E-state index contributed by atoms with van der Waals surface area (Å²) < 4.78 is 1.03. The molecule has 6 nitrogen and oxygen atoms in total. The molecule has 0 heterocycles. The first-order valence-electron chi connectivity index (χ1n) is 8.50. The van der Waals surface area contributed by atoms with E-state index in [1.165, 1.54) is 6.92 Å². The molecule has 0 fully saturated rings. The lowest BCUT2D eigenvalue weighted by Gasteiger charge is -2.22. The fraction of sp³-hybridized carbons (Fsp3) is 0.250. The summed E-state index contributed by atoms with van der Waals surface area (Å²) in [5.41, 5.74) is 7.28. The molecule has 0 bridgehead atoms. The van der Waals surface area contributed by atoms with Gasteiger partial charge >= 0.3 is 0 Å². The van der Waals surface area contributed by atoms with Crippen LogP contribution < -0.4 is 16.4 Å². The van der Waals surface area contributed by atoms with Crippen LogP contribution in [0.25, 0.3) is 0 Å². The van der Waals surface area contributed by atoms with Crippen LogP contribution in [0, 0.1) is 3.57 Å². The lowest BCUT2D eigenvalue weighted by atomic mass is 10.0. The summed E-state index contributed by atoms with van der Waals surface area (Å²) in [4.78, 5) is 36.1. The Bertz CT molecular complexity index is 811. The van der Waals surface area contributed by atoms with Crippen LogP contribution in [-0.2, 0) is 27.2 Å². The van der Waals surface area contributed by atoms with E-state index < -0.39 is 23.9 Å². The van der Waals surface area contributed by atoms with Gasteiger partial charge in [0.05, 0.1) is 0 Å². The molecule has 0 aliphatic heterocycles. The van der Waals surface area contributed by atoms with Crippen molar-refractivity contribution in [2.75, 3.05) is 0 Å². The molecule has 0 aliphatic carbocycles. The molecule has 0 spiro atoms. The summed E-state index contributed by atoms with van der Waals surface area (Å²) in [6.45, 7) is 1.35. The topological polar surface area (TPSA) is 101 Å². The van der Waals surface area contributed by atoms with Gasteiger partial charge in [0.1, 0.15) is 12.1 Å². The number of carbonyl (C=O) groups excluding carboxylic acids is 3. The number of nitrogens with two attached hydrogens (primary N) is 1. The average molecular weight is 479 g/mol. The molecule has 2 aromatic rings. The second kappa shape index (κ2) is 10.1. The molecule has 0 saturated carbocycles. The molecule has 7 heteroatoms. The van der Waals surface area contributed by atoms with E-state index in [-0.39, 0.29) is 12.3 Å². The van der Waals surface area contributed by atoms with Crippen LogP contribution in [0.3, 0.4) is 0 Å². The highest BCUT2D eigenvalue weighted by molar-refractivity contribution is 14.1. The van der Waals surface area contributed by atoms with Gasteiger partial charge in [0.2, 0.25) is 17.7 Å². The van der Waals surface area contributed by atoms with E-state index in [4.69, 9.17) is 5.73 Å². The number of halogens is 1. The van der Waals surface area contributed by atoms with Crippen molar-refractivity contribution in [2.45, 2.75) is 31.8 Å². The number of nitrogens with one attached hydrogen (secondary N) is 2. The van der Waals surface area contributed by atoms with Gasteiger partial charge in [0.25, 0.3) is 0 Å². The molecule has 0 unspecified atom stereocenters. The predicted molar refractivity (Wildman–Crippen MR) is 112 cm³/mol. The van der Waals surface area contributed by atoms with Gasteiger partial charge in [-0.3, -0.25) is 14.4 Å². The monoisotopic (exact) mass is 479 g/mol. The SMILES string of the molecule is CC(=O)N[C@H](Cc1ccccc1)C(=O)N[C@H](Cc1cccc(I)c1)C(N)=O. The molecular weight excluding hydrogens is 457 g/mol. The van der Waals surface area contributed by atoms with Crippen molar-refractivity contribution in [1.82, 2.24) is 10.6 Å². The second-order valence-corrected chi connectivity index (χ2v) is 7.49. The first-order valence-corrected chi connectivity index (χ1v) is 9.58. The van der Waals surface area contributed by atoms with E-state index in [2.05, 4.69) is 33.2 Å². The zero-order valence-corrected chi connectivity index (χ0v) is 17.1. The Labute approximate surface area is 172 Å². The Kier molecular flexibility index (Phi) is 7.78. The van der Waals surface area contributed by atoms with Gasteiger partial charge in [-0.2, -0.15) is 0 Å². The van der Waals surface area contributed by atoms with Crippen LogP contribution in [-0.4, -0.2) is 29.8 Å². The number of benzene rings is 2. The van der Waals surface area contributed by atoms with Crippen LogP contribution in [0.4, 0.5) is 0 Å². The van der Waals surface area contributed by atoms with Crippen LogP contribution in [0.15, 0.2) is 54.6 Å². The number of hydrogen-bond donors (Lipinski definition) is 3. The molecule has 2 atom stereocenters. The summed E-state index contributed by atoms with van der Waals surface area (Å²) >= 11 is 2.18. The minimum Gasteiger partial charge on any atom is -0.368 e. The number of primary amides is 1. The summed E-state index contributed by atoms with van der Waals surface area (Å²) in [5, 5.41) is 5.32. The first-order chi connectivity index (χ1) is 12.8. The maximum absolute atomic E-state index is 12.7. The standard InChI is InChI=1S/C20H22IN3O3/c1-13(25)23-18(11-14-6-3-2-4-7-14)20(27)24-17(19(22)26)12-15-8-5-9-16(21)10-15/h2-10,17-18H,11-12H2,1H3,(H2,22,26)(H,23,25)(H,24,27)/t17-,18-/m1/s1. The number of carbonyl (C=O) groups is 3. The lowest BCUT2D eigenvalue weighted by Crippen LogP contribution is -2.54. The fourth-order valence-corrected chi connectivity index (χ4v) is 3.31. The second-order valence-electron chi connectivity index (χ2n) is 6.24. The van der Waals surface area contributed by atoms with E-state index in [1.54, 1.807) is 0 Å². The Morgan fingerprint density at radius 2 is 1.56 bits per heavy atom. The van der Waals surface area contributed by atoms with E-state index in [0.29, 0.717) is 6.42 Å². The van der Waals surface area contributed by atoms with Crippen molar-refractivity contribution in [1.29, 1.82) is 0 Å². The van der Waals surface area contributed by atoms with Crippen molar-refractivity contribution in [2.24, 2.45) is 5.73 Å².